The minimum absolute atomic E-state index is 0.0433. The van der Waals surface area contributed by atoms with Crippen molar-refractivity contribution in [1.29, 1.82) is 0 Å². The van der Waals surface area contributed by atoms with Gasteiger partial charge in [-0.25, -0.2) is 4.98 Å². The molecule has 0 unspecified atom stereocenters. The first-order chi connectivity index (χ1) is 22.1. The van der Waals surface area contributed by atoms with E-state index in [1.165, 1.54) is 0 Å². The van der Waals surface area contributed by atoms with Gasteiger partial charge in [-0.2, -0.15) is 0 Å². The molecule has 1 saturated carbocycles. The van der Waals surface area contributed by atoms with E-state index in [4.69, 9.17) is 14.5 Å². The van der Waals surface area contributed by atoms with E-state index < -0.39 is 26.5 Å². The fourth-order valence-electron chi connectivity index (χ4n) is 6.55. The topological polar surface area (TPSA) is 96.7 Å². The zero-order valence-corrected chi connectivity index (χ0v) is 28.5. The summed E-state index contributed by atoms with van der Waals surface area (Å²) in [5.41, 5.74) is 0.911. The number of unbranched alkanes of at least 4 members (excludes halogenated alkanes) is 1. The first-order valence-corrected chi connectivity index (χ1v) is 18.7. The summed E-state index contributed by atoms with van der Waals surface area (Å²) in [6.45, 7) is 6.74. The van der Waals surface area contributed by atoms with Crippen LogP contribution in [0.5, 0.6) is 0 Å². The maximum atomic E-state index is 13.0. The maximum absolute atomic E-state index is 13.0. The molecule has 1 heterocycles. The Bertz CT molecular complexity index is 1610. The van der Waals surface area contributed by atoms with Crippen molar-refractivity contribution >= 4 is 52.0 Å². The van der Waals surface area contributed by atoms with Gasteiger partial charge in [-0.15, -0.1) is 11.3 Å². The molecular weight excluding hydrogens is 611 g/mol. The van der Waals surface area contributed by atoms with Gasteiger partial charge in [0.15, 0.2) is 0 Å². The predicted octanol–water partition coefficient (Wildman–Crippen LogP) is 7.24. The normalized spacial score (nSPS) is 19.8. The molecule has 0 spiro atoms. The van der Waals surface area contributed by atoms with E-state index in [0.717, 1.165) is 25.6 Å². The number of ketones is 1. The summed E-state index contributed by atoms with van der Waals surface area (Å²) < 4.78 is 8.64. The minimum atomic E-state index is -2.98. The number of Topliss-reactive ketones (excluding diaryl/α,β-unsaturated/α-hetero) is 1. The zero-order chi connectivity index (χ0) is 32.7. The van der Waals surface area contributed by atoms with Gasteiger partial charge in [-0.05, 0) is 46.8 Å². The van der Waals surface area contributed by atoms with Gasteiger partial charge in [-0.1, -0.05) is 118 Å². The highest BCUT2D eigenvalue weighted by atomic mass is 32.1. The van der Waals surface area contributed by atoms with Gasteiger partial charge in [0, 0.05) is 24.7 Å². The number of allylic oxidation sites excluding steroid dienone is 2. The van der Waals surface area contributed by atoms with Crippen LogP contribution >= 0.6 is 11.3 Å². The molecule has 0 saturated heterocycles. The summed E-state index contributed by atoms with van der Waals surface area (Å²) >= 11 is 1.61. The molecule has 0 bridgehead atoms. The van der Waals surface area contributed by atoms with Gasteiger partial charge in [0.05, 0.1) is 16.3 Å². The lowest BCUT2D eigenvalue weighted by molar-refractivity contribution is -0.137. The Hall–Kier alpha value is -3.69. The van der Waals surface area contributed by atoms with Crippen LogP contribution in [0.1, 0.15) is 64.0 Å². The number of carbonyl (C=O) groups is 2. The summed E-state index contributed by atoms with van der Waals surface area (Å²) in [6.07, 6.45) is 8.53. The number of rotatable bonds is 13. The lowest BCUT2D eigenvalue weighted by atomic mass is 9.90. The van der Waals surface area contributed by atoms with Crippen LogP contribution in [0.2, 0.25) is 5.04 Å². The number of thiazole rings is 1. The van der Waals surface area contributed by atoms with E-state index in [1.807, 2.05) is 54.6 Å². The number of hydrogen-bond donors (Lipinski definition) is 2. The molecule has 1 fully saturated rings. The average Bonchev–Trinajstić information content (AvgIpc) is 3.58. The third-order valence-corrected chi connectivity index (χ3v) is 14.9. The lowest BCUT2D eigenvalue weighted by Gasteiger charge is -2.44. The minimum Gasteiger partial charge on any atom is -0.481 e. The van der Waals surface area contributed by atoms with E-state index in [9.17, 15) is 14.7 Å². The third kappa shape index (κ3) is 7.47. The van der Waals surface area contributed by atoms with Crippen LogP contribution in [-0.4, -0.2) is 41.4 Å². The summed E-state index contributed by atoms with van der Waals surface area (Å²) in [5, 5.41) is 22.8. The predicted molar refractivity (Wildman–Crippen MR) is 188 cm³/mol. The number of nitrogens with zero attached hydrogens (tertiary/aromatic N) is 1. The van der Waals surface area contributed by atoms with Crippen LogP contribution in [0.15, 0.2) is 109 Å². The number of hydrogen-bond acceptors (Lipinski definition) is 6. The molecule has 0 radical (unpaired) electrons. The van der Waals surface area contributed by atoms with Crippen molar-refractivity contribution in [3.05, 3.63) is 114 Å². The Kier molecular flexibility index (Phi) is 10.8. The van der Waals surface area contributed by atoms with E-state index in [1.54, 1.807) is 11.3 Å². The first-order valence-electron chi connectivity index (χ1n) is 16.0. The maximum Gasteiger partial charge on any atom is 0.303 e. The average molecular weight is 654 g/mol. The molecule has 6 nitrogen and oxygen atoms in total. The van der Waals surface area contributed by atoms with E-state index >= 15 is 0 Å². The second kappa shape index (κ2) is 14.8. The third-order valence-electron chi connectivity index (χ3n) is 8.83. The number of aromatic nitrogens is 1. The number of fused-ring (bicyclic) bond motifs is 1. The first kappa shape index (κ1) is 33.7. The summed E-state index contributed by atoms with van der Waals surface area (Å²) in [7, 11) is -2.98. The van der Waals surface area contributed by atoms with Crippen LogP contribution in [0.3, 0.4) is 0 Å². The molecule has 4 aromatic rings. The highest BCUT2D eigenvalue weighted by Crippen LogP contribution is 2.42. The summed E-state index contributed by atoms with van der Waals surface area (Å²) in [5.74, 6) is -1.49. The van der Waals surface area contributed by atoms with E-state index in [0.29, 0.717) is 19.3 Å². The van der Waals surface area contributed by atoms with Crippen molar-refractivity contribution < 1.29 is 24.2 Å². The fraction of sp³-hybridized carbons (Fsp3) is 0.342. The number of para-hydroxylation sites is 1. The number of aliphatic hydroxyl groups excluding tert-OH is 1. The number of aliphatic carboxylic acids is 1. The molecule has 2 N–H and O–H groups in total. The number of carboxylic acids is 1. The standard InChI is InChI=1S/C38H43NO5SSi/c1-38(2,3)46(27-16-8-6-9-17-27,28-18-10-7-11-19-28)44-34(37-39-31-21-14-15-22-35(31)45-37)25-24-30-29(32(40)26-33(30)41)20-12-4-5-13-23-36(42)43/h4,6-12,14-19,21-22,24-25,29-30,33-34,41H,5,13,20,23,26H2,1-3H3,(H,42,43)/b12-4-,25-24+/t29-,30-,33-,34-/m1/s1. The van der Waals surface area contributed by atoms with Crippen molar-refractivity contribution in [1.82, 2.24) is 4.98 Å². The van der Waals surface area contributed by atoms with Crippen LogP contribution in [0.25, 0.3) is 10.2 Å². The van der Waals surface area contributed by atoms with Gasteiger partial charge in [0.25, 0.3) is 8.32 Å². The Morgan fingerprint density at radius 2 is 1.63 bits per heavy atom. The van der Waals surface area contributed by atoms with Crippen molar-refractivity contribution in [3.63, 3.8) is 0 Å². The SMILES string of the molecule is CC(C)(C)[Si](O[C@H](/C=C/[C@H]1[C@H](O)CC(=O)[C@@H]1C/C=C\CCCC(=O)O)c1nc2ccccc2s1)(c1ccccc1)c1ccccc1. The van der Waals surface area contributed by atoms with Crippen LogP contribution in [-0.2, 0) is 14.0 Å². The molecule has 0 amide bonds. The van der Waals surface area contributed by atoms with Gasteiger partial charge >= 0.3 is 5.97 Å². The lowest BCUT2D eigenvalue weighted by Crippen LogP contribution is -2.66. The van der Waals surface area contributed by atoms with Gasteiger partial charge in [0.1, 0.15) is 16.9 Å². The number of carboxylic acid groups (broad SMARTS) is 1. The second-order valence-electron chi connectivity index (χ2n) is 13.0. The molecule has 0 aliphatic heterocycles. The van der Waals surface area contributed by atoms with Crippen LogP contribution < -0.4 is 10.4 Å². The van der Waals surface area contributed by atoms with Crippen molar-refractivity contribution in [2.24, 2.45) is 11.8 Å². The largest absolute Gasteiger partial charge is 0.481 e. The quantitative estimate of drug-likeness (QED) is 0.0898. The Morgan fingerprint density at radius 3 is 2.24 bits per heavy atom. The van der Waals surface area contributed by atoms with E-state index in [2.05, 4.69) is 75.4 Å². The van der Waals surface area contributed by atoms with Gasteiger partial charge in [-0.3, -0.25) is 9.59 Å². The monoisotopic (exact) mass is 653 g/mol. The van der Waals surface area contributed by atoms with Crippen molar-refractivity contribution in [2.45, 2.75) is 70.1 Å². The zero-order valence-electron chi connectivity index (χ0n) is 26.7. The molecule has 46 heavy (non-hydrogen) atoms. The molecule has 240 valence electrons. The molecule has 1 aliphatic rings. The summed E-state index contributed by atoms with van der Waals surface area (Å²) in [4.78, 5) is 28.9. The molecule has 1 aromatic heterocycles. The number of benzene rings is 3. The smallest absolute Gasteiger partial charge is 0.303 e. The second-order valence-corrected chi connectivity index (χ2v) is 18.3. The Morgan fingerprint density at radius 1 is 1.00 bits per heavy atom. The number of aliphatic hydroxyl groups is 1. The molecule has 8 heteroatoms. The Labute approximate surface area is 276 Å². The van der Waals surface area contributed by atoms with Crippen LogP contribution in [0, 0.1) is 11.8 Å². The van der Waals surface area contributed by atoms with Gasteiger partial charge < -0.3 is 14.6 Å². The number of carbonyl (C=O) groups excluding carboxylic acids is 1. The summed E-state index contributed by atoms with van der Waals surface area (Å²) in [6, 6.07) is 29.1. The van der Waals surface area contributed by atoms with Gasteiger partial charge in [0.2, 0.25) is 0 Å². The van der Waals surface area contributed by atoms with Crippen molar-refractivity contribution in [2.75, 3.05) is 0 Å². The highest BCUT2D eigenvalue weighted by Gasteiger charge is 2.52. The fourth-order valence-corrected chi connectivity index (χ4v) is 12.2. The molecule has 4 atom stereocenters. The van der Waals surface area contributed by atoms with Crippen molar-refractivity contribution in [3.8, 4) is 0 Å². The molecule has 3 aromatic carbocycles. The van der Waals surface area contributed by atoms with Crippen LogP contribution in [0.4, 0.5) is 0 Å². The molecular formula is C38H43NO5SSi. The highest BCUT2D eigenvalue weighted by molar-refractivity contribution is 7.18. The Balaban J connectivity index is 1.54. The van der Waals surface area contributed by atoms with E-state index in [-0.39, 0.29) is 35.5 Å². The molecule has 1 aliphatic carbocycles. The molecule has 5 rings (SSSR count).